The highest BCUT2D eigenvalue weighted by Gasteiger charge is 2.33. The summed E-state index contributed by atoms with van der Waals surface area (Å²) in [5, 5.41) is 12.9. The maximum Gasteiger partial charge on any atom is 0.270 e. The standard InChI is InChI=1S/C27H24N4O5/c1-31-24-23(9-8-18(29-24)10-14-27(34)12-5-13-27)35-17-22(26(31)33)30-25(32)21-16-20(11-15-28-21)36-19-6-3-2-4-7-19/h2-4,6-9,11,15-16,22,34H,5,12-13,17H2,1H3,(H,30,32). The molecule has 0 bridgehead atoms. The molecule has 182 valence electrons. The fourth-order valence-corrected chi connectivity index (χ4v) is 3.82. The van der Waals surface area contributed by atoms with Crippen molar-refractivity contribution >= 4 is 17.6 Å². The average molecular weight is 485 g/mol. The van der Waals surface area contributed by atoms with Gasteiger partial charge in [0.25, 0.3) is 11.8 Å². The van der Waals surface area contributed by atoms with Gasteiger partial charge in [-0.2, -0.15) is 0 Å². The van der Waals surface area contributed by atoms with Gasteiger partial charge in [-0.3, -0.25) is 19.5 Å². The number of fused-ring (bicyclic) bond motifs is 1. The van der Waals surface area contributed by atoms with Crippen LogP contribution >= 0.6 is 0 Å². The van der Waals surface area contributed by atoms with Gasteiger partial charge in [-0.05, 0) is 55.5 Å². The van der Waals surface area contributed by atoms with Crippen LogP contribution in [0.3, 0.4) is 0 Å². The Hall–Kier alpha value is -4.42. The van der Waals surface area contributed by atoms with Crippen molar-refractivity contribution in [3.63, 3.8) is 0 Å². The number of anilines is 1. The molecule has 9 heteroatoms. The van der Waals surface area contributed by atoms with Crippen LogP contribution in [0.5, 0.6) is 17.2 Å². The minimum absolute atomic E-state index is 0.0748. The van der Waals surface area contributed by atoms with Crippen LogP contribution in [0.1, 0.15) is 35.4 Å². The highest BCUT2D eigenvalue weighted by molar-refractivity contribution is 6.02. The van der Waals surface area contributed by atoms with Gasteiger partial charge in [-0.15, -0.1) is 0 Å². The molecule has 3 heterocycles. The number of nitrogens with one attached hydrogen (secondary N) is 1. The third-order valence-corrected chi connectivity index (χ3v) is 6.04. The fraction of sp³-hybridized carbons (Fsp3) is 0.259. The van der Waals surface area contributed by atoms with E-state index in [1.807, 2.05) is 18.2 Å². The fourth-order valence-electron chi connectivity index (χ4n) is 3.82. The Morgan fingerprint density at radius 3 is 2.75 bits per heavy atom. The Morgan fingerprint density at radius 1 is 1.19 bits per heavy atom. The van der Waals surface area contributed by atoms with Crippen molar-refractivity contribution in [2.75, 3.05) is 18.6 Å². The quantitative estimate of drug-likeness (QED) is 0.548. The molecule has 1 aromatic carbocycles. The number of para-hydroxylation sites is 1. The van der Waals surface area contributed by atoms with Crippen LogP contribution in [0.4, 0.5) is 5.82 Å². The number of amides is 2. The van der Waals surface area contributed by atoms with Crippen LogP contribution in [-0.2, 0) is 4.79 Å². The Kier molecular flexibility index (Phi) is 6.27. The summed E-state index contributed by atoms with van der Waals surface area (Å²) in [4.78, 5) is 35.9. The molecule has 2 amide bonds. The number of ether oxygens (including phenoxy) is 2. The number of pyridine rings is 2. The predicted octanol–water partition coefficient (Wildman–Crippen LogP) is 2.69. The van der Waals surface area contributed by atoms with Crippen molar-refractivity contribution < 1.29 is 24.2 Å². The molecule has 0 spiro atoms. The SMILES string of the molecule is CN1C(=O)C(NC(=O)c2cc(Oc3ccccc3)ccn2)COc2ccc(C#CC3(O)CCC3)nc21. The second-order valence-corrected chi connectivity index (χ2v) is 8.68. The third kappa shape index (κ3) is 4.99. The summed E-state index contributed by atoms with van der Waals surface area (Å²) >= 11 is 0. The minimum Gasteiger partial charge on any atom is -0.487 e. The molecule has 1 saturated carbocycles. The number of aliphatic hydroxyl groups is 1. The zero-order chi connectivity index (χ0) is 25.1. The van der Waals surface area contributed by atoms with E-state index in [9.17, 15) is 14.7 Å². The first-order valence-corrected chi connectivity index (χ1v) is 11.6. The number of carbonyl (C=O) groups excluding carboxylic acids is 2. The van der Waals surface area contributed by atoms with Crippen molar-refractivity contribution in [3.8, 4) is 29.1 Å². The second kappa shape index (κ2) is 9.68. The molecule has 2 N–H and O–H groups in total. The van der Waals surface area contributed by atoms with E-state index in [1.54, 1.807) is 37.4 Å². The second-order valence-electron chi connectivity index (χ2n) is 8.68. The summed E-state index contributed by atoms with van der Waals surface area (Å²) < 4.78 is 11.6. The van der Waals surface area contributed by atoms with Gasteiger partial charge in [0.05, 0.1) is 0 Å². The van der Waals surface area contributed by atoms with Gasteiger partial charge in [0.2, 0.25) is 0 Å². The molecular weight excluding hydrogens is 460 g/mol. The van der Waals surface area contributed by atoms with E-state index in [4.69, 9.17) is 9.47 Å². The molecule has 3 aromatic rings. The molecule has 1 aliphatic heterocycles. The Labute approximate surface area is 208 Å². The van der Waals surface area contributed by atoms with Gasteiger partial charge in [-0.25, -0.2) is 4.98 Å². The molecule has 1 unspecified atom stereocenters. The lowest BCUT2D eigenvalue weighted by Gasteiger charge is -2.30. The largest absolute Gasteiger partial charge is 0.487 e. The molecule has 0 saturated heterocycles. The summed E-state index contributed by atoms with van der Waals surface area (Å²) in [6.07, 6.45) is 3.70. The van der Waals surface area contributed by atoms with Crippen LogP contribution < -0.4 is 19.7 Å². The number of benzene rings is 1. The predicted molar refractivity (Wildman–Crippen MR) is 131 cm³/mol. The van der Waals surface area contributed by atoms with Gasteiger partial charge in [0, 0.05) is 19.3 Å². The van der Waals surface area contributed by atoms with Crippen molar-refractivity contribution in [2.45, 2.75) is 30.9 Å². The number of nitrogens with zero attached hydrogens (tertiary/aromatic N) is 3. The first-order chi connectivity index (χ1) is 17.4. The number of aromatic nitrogens is 2. The smallest absolute Gasteiger partial charge is 0.270 e. The third-order valence-electron chi connectivity index (χ3n) is 6.04. The zero-order valence-electron chi connectivity index (χ0n) is 19.6. The van der Waals surface area contributed by atoms with Crippen molar-refractivity contribution in [2.24, 2.45) is 0 Å². The van der Waals surface area contributed by atoms with Gasteiger partial charge in [0.15, 0.2) is 11.6 Å². The Morgan fingerprint density at radius 2 is 2.00 bits per heavy atom. The molecule has 36 heavy (non-hydrogen) atoms. The van der Waals surface area contributed by atoms with Gasteiger partial charge < -0.3 is 19.9 Å². The Bertz CT molecular complexity index is 1360. The van der Waals surface area contributed by atoms with Crippen LogP contribution in [0, 0.1) is 11.8 Å². The highest BCUT2D eigenvalue weighted by atomic mass is 16.5. The molecule has 5 rings (SSSR count). The number of rotatable bonds is 4. The van der Waals surface area contributed by atoms with Crippen LogP contribution in [0.25, 0.3) is 0 Å². The van der Waals surface area contributed by atoms with E-state index < -0.39 is 23.5 Å². The topological polar surface area (TPSA) is 114 Å². The molecule has 0 radical (unpaired) electrons. The summed E-state index contributed by atoms with van der Waals surface area (Å²) in [5.74, 6) is 6.57. The maximum absolute atomic E-state index is 13.1. The van der Waals surface area contributed by atoms with E-state index in [0.717, 1.165) is 6.42 Å². The van der Waals surface area contributed by atoms with Crippen LogP contribution in [0.15, 0.2) is 60.8 Å². The lowest BCUT2D eigenvalue weighted by molar-refractivity contribution is -0.120. The first-order valence-electron chi connectivity index (χ1n) is 11.6. The number of hydrogen-bond acceptors (Lipinski definition) is 7. The molecule has 1 aliphatic carbocycles. The van der Waals surface area contributed by atoms with Crippen molar-refractivity contribution in [1.29, 1.82) is 0 Å². The first kappa shape index (κ1) is 23.3. The lowest BCUT2D eigenvalue weighted by atomic mass is 9.81. The molecule has 1 fully saturated rings. The van der Waals surface area contributed by atoms with E-state index in [0.29, 0.717) is 41.6 Å². The maximum atomic E-state index is 13.1. The van der Waals surface area contributed by atoms with Gasteiger partial charge in [-0.1, -0.05) is 24.1 Å². The molecule has 2 aromatic heterocycles. The normalized spacial score (nSPS) is 17.9. The van der Waals surface area contributed by atoms with Crippen molar-refractivity contribution in [1.82, 2.24) is 15.3 Å². The summed E-state index contributed by atoms with van der Waals surface area (Å²) in [6, 6.07) is 14.7. The monoisotopic (exact) mass is 484 g/mol. The summed E-state index contributed by atoms with van der Waals surface area (Å²) in [6.45, 7) is -0.0748. The minimum atomic E-state index is -0.959. The number of hydrogen-bond donors (Lipinski definition) is 2. The molecule has 2 aliphatic rings. The molecular formula is C27H24N4O5. The highest BCUT2D eigenvalue weighted by Crippen LogP contribution is 2.31. The molecule has 1 atom stereocenters. The number of carbonyl (C=O) groups is 2. The van der Waals surface area contributed by atoms with E-state index >= 15 is 0 Å². The van der Waals surface area contributed by atoms with E-state index in [2.05, 4.69) is 27.1 Å². The summed E-state index contributed by atoms with van der Waals surface area (Å²) in [7, 11) is 1.56. The van der Waals surface area contributed by atoms with Crippen molar-refractivity contribution in [3.05, 3.63) is 72.2 Å². The van der Waals surface area contributed by atoms with E-state index in [1.165, 1.54) is 17.2 Å². The lowest BCUT2D eigenvalue weighted by Crippen LogP contribution is -2.49. The van der Waals surface area contributed by atoms with Gasteiger partial charge >= 0.3 is 0 Å². The van der Waals surface area contributed by atoms with Gasteiger partial charge in [0.1, 0.15) is 41.1 Å². The summed E-state index contributed by atoms with van der Waals surface area (Å²) in [5.41, 5.74) is -0.441. The average Bonchev–Trinajstić information content (AvgIpc) is 2.99. The van der Waals surface area contributed by atoms with Crippen LogP contribution in [-0.4, -0.2) is 52.2 Å². The Balaban J connectivity index is 1.29. The number of likely N-dealkylation sites (N-methyl/N-ethyl adjacent to an activating group) is 1. The van der Waals surface area contributed by atoms with E-state index in [-0.39, 0.29) is 12.3 Å². The zero-order valence-corrected chi connectivity index (χ0v) is 19.6. The molecule has 9 nitrogen and oxygen atoms in total. The van der Waals surface area contributed by atoms with Crippen LogP contribution in [0.2, 0.25) is 0 Å².